The molecule has 0 spiro atoms. The summed E-state index contributed by atoms with van der Waals surface area (Å²) < 4.78 is 38.5. The fourth-order valence-electron chi connectivity index (χ4n) is 4.05. The summed E-state index contributed by atoms with van der Waals surface area (Å²) in [6, 6.07) is 5.78. The Kier molecular flexibility index (Phi) is 10.0. The Labute approximate surface area is 230 Å². The Balaban J connectivity index is 1.79. The van der Waals surface area contributed by atoms with Gasteiger partial charge in [-0.1, -0.05) is 12.5 Å². The van der Waals surface area contributed by atoms with E-state index in [2.05, 4.69) is 15.6 Å². The van der Waals surface area contributed by atoms with Crippen LogP contribution >= 0.6 is 11.3 Å². The van der Waals surface area contributed by atoms with Crippen molar-refractivity contribution in [3.05, 3.63) is 37.7 Å². The van der Waals surface area contributed by atoms with Gasteiger partial charge in [-0.15, -0.1) is 11.3 Å². The molecule has 1 unspecified atom stereocenters. The van der Waals surface area contributed by atoms with Gasteiger partial charge in [-0.3, -0.25) is 28.6 Å². The molecule has 1 saturated heterocycles. The van der Waals surface area contributed by atoms with Crippen molar-refractivity contribution >= 4 is 52.5 Å². The summed E-state index contributed by atoms with van der Waals surface area (Å²) >= 11 is 0.751. The van der Waals surface area contributed by atoms with Gasteiger partial charge < -0.3 is 21.7 Å². The molecule has 3 rings (SSSR count). The third-order valence-corrected chi connectivity index (χ3v) is 7.01. The molecule has 0 aromatic carbocycles. The van der Waals surface area contributed by atoms with Crippen LogP contribution in [0.2, 0.25) is 0 Å². The van der Waals surface area contributed by atoms with Crippen LogP contribution in [0.5, 0.6) is 0 Å². The van der Waals surface area contributed by atoms with E-state index in [-0.39, 0.29) is 39.8 Å². The average molecular weight is 581 g/mol. The van der Waals surface area contributed by atoms with Gasteiger partial charge in [-0.25, -0.2) is 4.98 Å². The standard InChI is InChI=1S/C24H27F3N8O4S/c1-2-35-22(39)16(40-23(35)14(10-28)21(38)31-13-24(25,26)27)11-30-17-7-5-8-18(32-17)33-19(36)12-34-9-4-3-6-15(34)20(29)37/h5,7-8,11,15H,2-4,6,9,12-13H2,1H3,(H2,29,37)(H,31,38)(H2,30,32,33,36)/b16-11+,23-14-. The Morgan fingerprint density at radius 3 is 2.65 bits per heavy atom. The number of alkyl halides is 3. The summed E-state index contributed by atoms with van der Waals surface area (Å²) in [5, 5.41) is 16.5. The Bertz CT molecular complexity index is 1490. The second-order valence-electron chi connectivity index (χ2n) is 8.73. The highest BCUT2D eigenvalue weighted by atomic mass is 32.1. The van der Waals surface area contributed by atoms with Crippen molar-refractivity contribution in [3.8, 4) is 6.07 Å². The van der Waals surface area contributed by atoms with E-state index in [0.717, 1.165) is 28.7 Å². The summed E-state index contributed by atoms with van der Waals surface area (Å²) in [6.07, 6.45) is -1.09. The van der Waals surface area contributed by atoms with Crippen LogP contribution in [0.1, 0.15) is 26.2 Å². The summed E-state index contributed by atoms with van der Waals surface area (Å²) in [7, 11) is 0. The number of pyridine rings is 1. The minimum Gasteiger partial charge on any atom is -0.368 e. The number of likely N-dealkylation sites (tertiary alicyclic amines) is 1. The first-order valence-corrected chi connectivity index (χ1v) is 13.0. The first kappa shape index (κ1) is 30.3. The highest BCUT2D eigenvalue weighted by molar-refractivity contribution is 7.07. The van der Waals surface area contributed by atoms with Crippen LogP contribution in [-0.2, 0) is 20.9 Å². The lowest BCUT2D eigenvalue weighted by molar-refractivity contribution is -0.135. The number of anilines is 2. The number of hydrogen-bond acceptors (Lipinski definition) is 9. The van der Waals surface area contributed by atoms with Crippen LogP contribution in [0.25, 0.3) is 11.8 Å². The number of halogens is 3. The van der Waals surface area contributed by atoms with E-state index in [1.54, 1.807) is 41.4 Å². The number of amides is 3. The number of rotatable bonds is 9. The molecule has 2 aromatic heterocycles. The summed E-state index contributed by atoms with van der Waals surface area (Å²) in [5.41, 5.74) is 4.26. The van der Waals surface area contributed by atoms with E-state index in [1.807, 2.05) is 0 Å². The maximum Gasteiger partial charge on any atom is 0.405 e. The monoisotopic (exact) mass is 580 g/mol. The molecule has 0 bridgehead atoms. The molecule has 1 aliphatic heterocycles. The van der Waals surface area contributed by atoms with Gasteiger partial charge >= 0.3 is 6.18 Å². The number of carbonyl (C=O) groups excluding carboxylic acids is 3. The molecule has 1 atom stereocenters. The van der Waals surface area contributed by atoms with E-state index < -0.39 is 41.7 Å². The molecule has 214 valence electrons. The van der Waals surface area contributed by atoms with Crippen molar-refractivity contribution in [3.63, 3.8) is 0 Å². The molecular formula is C24H27F3N8O4S. The van der Waals surface area contributed by atoms with Crippen LogP contribution in [-0.4, -0.2) is 64.0 Å². The van der Waals surface area contributed by atoms with Crippen LogP contribution < -0.4 is 36.4 Å². The zero-order valence-corrected chi connectivity index (χ0v) is 22.2. The minimum atomic E-state index is -4.67. The van der Waals surface area contributed by atoms with Crippen LogP contribution in [0.4, 0.5) is 24.8 Å². The number of nitrogens with two attached hydrogens (primary N) is 1. The van der Waals surface area contributed by atoms with E-state index in [0.29, 0.717) is 13.0 Å². The fraction of sp³-hybridized carbons (Fsp3) is 0.417. The number of carbonyl (C=O) groups is 3. The molecule has 1 fully saturated rings. The molecule has 0 aliphatic carbocycles. The average Bonchev–Trinajstić information content (AvgIpc) is 3.21. The van der Waals surface area contributed by atoms with E-state index in [4.69, 9.17) is 5.73 Å². The van der Waals surface area contributed by atoms with Crippen molar-refractivity contribution in [2.24, 2.45) is 5.73 Å². The van der Waals surface area contributed by atoms with Crippen LogP contribution in [0.15, 0.2) is 23.0 Å². The highest BCUT2D eigenvalue weighted by Gasteiger charge is 2.29. The molecule has 0 radical (unpaired) electrons. The number of nitrogens with zero attached hydrogens (tertiary/aromatic N) is 4. The first-order valence-electron chi connectivity index (χ1n) is 12.2. The normalized spacial score (nSPS) is 17.1. The summed E-state index contributed by atoms with van der Waals surface area (Å²) in [6.45, 7) is 0.547. The molecule has 3 amide bonds. The second kappa shape index (κ2) is 13.2. The molecule has 5 N–H and O–H groups in total. The predicted octanol–water partition coefficient (Wildman–Crippen LogP) is -0.194. The quantitative estimate of drug-likeness (QED) is 0.316. The molecule has 3 heterocycles. The summed E-state index contributed by atoms with van der Waals surface area (Å²) in [5.74, 6) is -1.67. The maximum atomic E-state index is 12.8. The zero-order valence-electron chi connectivity index (χ0n) is 21.4. The van der Waals surface area contributed by atoms with Crippen molar-refractivity contribution in [2.45, 2.75) is 44.9 Å². The maximum absolute atomic E-state index is 12.8. The van der Waals surface area contributed by atoms with Gasteiger partial charge in [-0.05, 0) is 38.4 Å². The lowest BCUT2D eigenvalue weighted by Crippen LogP contribution is -2.50. The highest BCUT2D eigenvalue weighted by Crippen LogP contribution is 2.17. The van der Waals surface area contributed by atoms with Gasteiger partial charge in [0.1, 0.15) is 33.4 Å². The largest absolute Gasteiger partial charge is 0.405 e. The molecular weight excluding hydrogens is 553 g/mol. The third kappa shape index (κ3) is 7.90. The predicted molar refractivity (Wildman–Crippen MR) is 141 cm³/mol. The lowest BCUT2D eigenvalue weighted by atomic mass is 10.0. The van der Waals surface area contributed by atoms with Gasteiger partial charge in [0.2, 0.25) is 11.8 Å². The van der Waals surface area contributed by atoms with Crippen LogP contribution in [0.3, 0.4) is 0 Å². The smallest absolute Gasteiger partial charge is 0.368 e. The number of hydrogen-bond donors (Lipinski definition) is 4. The Hall–Kier alpha value is -4.23. The second-order valence-corrected chi connectivity index (χ2v) is 9.77. The number of nitriles is 1. The van der Waals surface area contributed by atoms with Crippen molar-refractivity contribution in [1.82, 2.24) is 19.8 Å². The van der Waals surface area contributed by atoms with Crippen LogP contribution in [0, 0.1) is 11.3 Å². The van der Waals surface area contributed by atoms with Crippen molar-refractivity contribution in [2.75, 3.05) is 30.3 Å². The molecule has 1 aliphatic rings. The number of aromatic nitrogens is 2. The van der Waals surface area contributed by atoms with Gasteiger partial charge in [0, 0.05) is 12.7 Å². The van der Waals surface area contributed by atoms with E-state index in [9.17, 15) is 37.6 Å². The molecule has 0 saturated carbocycles. The van der Waals surface area contributed by atoms with E-state index >= 15 is 0 Å². The molecule has 2 aromatic rings. The fourth-order valence-corrected chi connectivity index (χ4v) is 5.14. The van der Waals surface area contributed by atoms with Gasteiger partial charge in [0.25, 0.3) is 11.5 Å². The SMILES string of the molecule is CCn1c(=O)/c(=C\Nc2cccc(NC(=O)CN3CCCCC3C(N)=O)n2)s/c1=C(/C#N)C(=O)NCC(F)(F)F. The van der Waals surface area contributed by atoms with E-state index in [1.165, 1.54) is 6.20 Å². The molecule has 16 heteroatoms. The van der Waals surface area contributed by atoms with Crippen molar-refractivity contribution < 1.29 is 27.6 Å². The topological polar surface area (TPSA) is 175 Å². The first-order chi connectivity index (χ1) is 18.9. The third-order valence-electron chi connectivity index (χ3n) is 5.88. The van der Waals surface area contributed by atoms with Crippen molar-refractivity contribution in [1.29, 1.82) is 5.26 Å². The Morgan fingerprint density at radius 1 is 1.27 bits per heavy atom. The number of nitrogens with one attached hydrogen (secondary N) is 3. The molecule has 40 heavy (non-hydrogen) atoms. The van der Waals surface area contributed by atoms with Gasteiger partial charge in [0.15, 0.2) is 5.57 Å². The number of piperidine rings is 1. The lowest BCUT2D eigenvalue weighted by Gasteiger charge is -2.32. The Morgan fingerprint density at radius 2 is 2.00 bits per heavy atom. The number of primary amides is 1. The molecule has 12 nitrogen and oxygen atoms in total. The number of thiazole rings is 1. The van der Waals surface area contributed by atoms with Gasteiger partial charge in [0.05, 0.1) is 12.6 Å². The zero-order chi connectivity index (χ0) is 29.4. The minimum absolute atomic E-state index is 0.0398. The van der Waals surface area contributed by atoms with Gasteiger partial charge in [-0.2, -0.15) is 18.4 Å². The summed E-state index contributed by atoms with van der Waals surface area (Å²) in [4.78, 5) is 55.3.